The first kappa shape index (κ1) is 18.2. The summed E-state index contributed by atoms with van der Waals surface area (Å²) in [7, 11) is 0. The number of nitrogens with zero attached hydrogens (tertiary/aromatic N) is 5. The van der Waals surface area contributed by atoms with Gasteiger partial charge in [0.25, 0.3) is 0 Å². The molecule has 0 spiro atoms. The van der Waals surface area contributed by atoms with E-state index in [9.17, 15) is 0 Å². The predicted octanol–water partition coefficient (Wildman–Crippen LogP) is 4.09. The van der Waals surface area contributed by atoms with Crippen LogP contribution >= 0.6 is 0 Å². The number of anilines is 2. The van der Waals surface area contributed by atoms with E-state index < -0.39 is 0 Å². The molecule has 0 radical (unpaired) electrons. The number of nitrogens with one attached hydrogen (secondary N) is 1. The molecular weight excluding hydrogens is 360 g/mol. The van der Waals surface area contributed by atoms with Gasteiger partial charge in [-0.05, 0) is 49.3 Å². The molecule has 0 amide bonds. The van der Waals surface area contributed by atoms with E-state index in [2.05, 4.69) is 61.5 Å². The Balaban J connectivity index is 1.55. The molecule has 1 fully saturated rings. The fraction of sp³-hybridized carbons (Fsp3) is 0.435. The molecule has 6 nitrogen and oxygen atoms in total. The fourth-order valence-corrected chi connectivity index (χ4v) is 4.62. The topological polar surface area (TPSA) is 58.9 Å². The number of rotatable bonds is 2. The predicted molar refractivity (Wildman–Crippen MR) is 117 cm³/mol. The highest BCUT2D eigenvalue weighted by Gasteiger charge is 2.26. The first-order chi connectivity index (χ1) is 14.1. The zero-order valence-electron chi connectivity index (χ0n) is 17.4. The van der Waals surface area contributed by atoms with Crippen molar-refractivity contribution >= 4 is 11.8 Å². The molecule has 0 bridgehead atoms. The first-order valence-corrected chi connectivity index (χ1v) is 10.6. The minimum atomic E-state index is 0.669. The van der Waals surface area contributed by atoms with Crippen LogP contribution < -0.4 is 10.2 Å². The summed E-state index contributed by atoms with van der Waals surface area (Å²) in [6.45, 7) is 9.62. The Hall–Kier alpha value is -2.89. The van der Waals surface area contributed by atoms with Crippen molar-refractivity contribution in [2.24, 2.45) is 11.8 Å². The minimum Gasteiger partial charge on any atom is -0.368 e. The van der Waals surface area contributed by atoms with Gasteiger partial charge in [-0.2, -0.15) is 0 Å². The standard InChI is InChI=1S/C23H28N6/c1-15-4-6-19(7-5-15)29-14-20-21-18(8-9-24-22(20)27-29)11-25-23(26-21)28-12-16(2)10-17(3)13-28/h4-7,11,14,16-17H,8-10,12-13H2,1-3H3,(H,24,27)/t16-,17+. The van der Waals surface area contributed by atoms with Gasteiger partial charge in [0.15, 0.2) is 5.82 Å². The van der Waals surface area contributed by atoms with Crippen LogP contribution in [0.2, 0.25) is 0 Å². The van der Waals surface area contributed by atoms with Crippen molar-refractivity contribution in [3.8, 4) is 16.9 Å². The number of fused-ring (bicyclic) bond motifs is 3. The van der Waals surface area contributed by atoms with E-state index in [4.69, 9.17) is 15.1 Å². The lowest BCUT2D eigenvalue weighted by atomic mass is 9.92. The van der Waals surface area contributed by atoms with Gasteiger partial charge in [0.2, 0.25) is 5.95 Å². The highest BCUT2D eigenvalue weighted by atomic mass is 15.3. The highest BCUT2D eigenvalue weighted by molar-refractivity contribution is 5.76. The van der Waals surface area contributed by atoms with Crippen LogP contribution in [-0.2, 0) is 6.42 Å². The molecule has 2 aliphatic rings. The van der Waals surface area contributed by atoms with Crippen LogP contribution in [0.1, 0.15) is 31.4 Å². The lowest BCUT2D eigenvalue weighted by Gasteiger charge is -2.35. The molecule has 29 heavy (non-hydrogen) atoms. The van der Waals surface area contributed by atoms with Gasteiger partial charge in [0.05, 0.1) is 16.9 Å². The van der Waals surface area contributed by atoms with Crippen molar-refractivity contribution in [3.63, 3.8) is 0 Å². The quantitative estimate of drug-likeness (QED) is 0.717. The average Bonchev–Trinajstić information content (AvgIpc) is 3.04. The van der Waals surface area contributed by atoms with Crippen LogP contribution in [0.3, 0.4) is 0 Å². The number of hydrogen-bond donors (Lipinski definition) is 1. The number of aromatic nitrogens is 4. The molecule has 2 aliphatic heterocycles. The molecule has 1 N–H and O–H groups in total. The van der Waals surface area contributed by atoms with Gasteiger partial charge in [-0.15, -0.1) is 5.10 Å². The Kier molecular flexibility index (Phi) is 4.49. The van der Waals surface area contributed by atoms with Crippen molar-refractivity contribution < 1.29 is 0 Å². The smallest absolute Gasteiger partial charge is 0.225 e. The number of benzene rings is 1. The second-order valence-electron chi connectivity index (χ2n) is 8.74. The van der Waals surface area contributed by atoms with E-state index in [1.54, 1.807) is 0 Å². The molecule has 4 heterocycles. The first-order valence-electron chi connectivity index (χ1n) is 10.6. The summed E-state index contributed by atoms with van der Waals surface area (Å²) in [6.07, 6.45) is 6.29. The average molecular weight is 389 g/mol. The Bertz CT molecular complexity index is 1010. The Morgan fingerprint density at radius 2 is 1.83 bits per heavy atom. The van der Waals surface area contributed by atoms with Gasteiger partial charge in [-0.1, -0.05) is 31.5 Å². The summed E-state index contributed by atoms with van der Waals surface area (Å²) < 4.78 is 1.94. The third-order valence-corrected chi connectivity index (χ3v) is 5.96. The fourth-order valence-electron chi connectivity index (χ4n) is 4.62. The highest BCUT2D eigenvalue weighted by Crippen LogP contribution is 2.34. The van der Waals surface area contributed by atoms with Crippen molar-refractivity contribution in [1.82, 2.24) is 19.7 Å². The summed E-state index contributed by atoms with van der Waals surface area (Å²) in [4.78, 5) is 12.1. The Morgan fingerprint density at radius 1 is 1.07 bits per heavy atom. The van der Waals surface area contributed by atoms with Crippen molar-refractivity contribution in [1.29, 1.82) is 0 Å². The van der Waals surface area contributed by atoms with Crippen LogP contribution in [0.4, 0.5) is 11.8 Å². The summed E-state index contributed by atoms with van der Waals surface area (Å²) in [5, 5.41) is 8.28. The maximum atomic E-state index is 5.05. The summed E-state index contributed by atoms with van der Waals surface area (Å²) >= 11 is 0. The lowest BCUT2D eigenvalue weighted by molar-refractivity contribution is 0.353. The molecule has 3 aromatic rings. The molecule has 5 rings (SSSR count). The second kappa shape index (κ2) is 7.17. The largest absolute Gasteiger partial charge is 0.368 e. The van der Waals surface area contributed by atoms with E-state index in [0.717, 1.165) is 54.8 Å². The van der Waals surface area contributed by atoms with Crippen molar-refractivity contribution in [2.75, 3.05) is 29.9 Å². The third kappa shape index (κ3) is 3.48. The van der Waals surface area contributed by atoms with Crippen LogP contribution in [-0.4, -0.2) is 39.4 Å². The van der Waals surface area contributed by atoms with E-state index >= 15 is 0 Å². The van der Waals surface area contributed by atoms with Crippen molar-refractivity contribution in [3.05, 3.63) is 47.8 Å². The van der Waals surface area contributed by atoms with Crippen LogP contribution in [0, 0.1) is 18.8 Å². The summed E-state index contributed by atoms with van der Waals surface area (Å²) in [6, 6.07) is 8.43. The second-order valence-corrected chi connectivity index (χ2v) is 8.74. The number of aryl methyl sites for hydroxylation is 1. The van der Waals surface area contributed by atoms with Crippen LogP contribution in [0.5, 0.6) is 0 Å². The molecule has 2 aromatic heterocycles. The van der Waals surface area contributed by atoms with E-state index in [1.807, 2.05) is 10.9 Å². The maximum absolute atomic E-state index is 5.05. The maximum Gasteiger partial charge on any atom is 0.225 e. The summed E-state index contributed by atoms with van der Waals surface area (Å²) in [5.74, 6) is 3.08. The van der Waals surface area contributed by atoms with E-state index in [1.165, 1.54) is 17.5 Å². The Morgan fingerprint density at radius 3 is 2.59 bits per heavy atom. The number of hydrogen-bond acceptors (Lipinski definition) is 5. The minimum absolute atomic E-state index is 0.669. The molecule has 0 aliphatic carbocycles. The van der Waals surface area contributed by atoms with Gasteiger partial charge in [0.1, 0.15) is 0 Å². The van der Waals surface area contributed by atoms with E-state index in [0.29, 0.717) is 11.8 Å². The van der Waals surface area contributed by atoms with Crippen LogP contribution in [0.25, 0.3) is 16.9 Å². The van der Waals surface area contributed by atoms with Gasteiger partial charge in [-0.3, -0.25) is 0 Å². The normalized spacial score (nSPS) is 21.1. The lowest BCUT2D eigenvalue weighted by Crippen LogP contribution is -2.39. The molecule has 2 atom stereocenters. The van der Waals surface area contributed by atoms with Gasteiger partial charge in [-0.25, -0.2) is 14.6 Å². The Labute approximate surface area is 172 Å². The number of piperidine rings is 1. The molecule has 150 valence electrons. The monoisotopic (exact) mass is 388 g/mol. The molecule has 1 aromatic carbocycles. The molecule has 1 saturated heterocycles. The van der Waals surface area contributed by atoms with Crippen molar-refractivity contribution in [2.45, 2.75) is 33.6 Å². The van der Waals surface area contributed by atoms with Gasteiger partial charge in [0, 0.05) is 32.0 Å². The molecule has 0 saturated carbocycles. The molecular formula is C23H28N6. The SMILES string of the molecule is Cc1ccc(-n2cc3c(n2)NCCc2cnc(N4C[C@H](C)C[C@H](C)C4)nc2-3)cc1. The van der Waals surface area contributed by atoms with E-state index in [-0.39, 0.29) is 0 Å². The summed E-state index contributed by atoms with van der Waals surface area (Å²) in [5.41, 5.74) is 5.55. The van der Waals surface area contributed by atoms with Crippen LogP contribution in [0.15, 0.2) is 36.7 Å². The molecule has 6 heteroatoms. The zero-order valence-corrected chi connectivity index (χ0v) is 17.4. The third-order valence-electron chi connectivity index (χ3n) is 5.96. The van der Waals surface area contributed by atoms with Gasteiger partial charge < -0.3 is 10.2 Å². The van der Waals surface area contributed by atoms with Gasteiger partial charge >= 0.3 is 0 Å². The molecule has 0 unspecified atom stereocenters. The zero-order chi connectivity index (χ0) is 20.0.